The van der Waals surface area contributed by atoms with E-state index in [0.29, 0.717) is 52.5 Å². The van der Waals surface area contributed by atoms with Gasteiger partial charge in [0, 0.05) is 36.4 Å². The summed E-state index contributed by atoms with van der Waals surface area (Å²) in [7, 11) is 3.84. The van der Waals surface area contributed by atoms with Crippen LogP contribution in [0.25, 0.3) is 17.5 Å². The molecule has 6 rings (SSSR count). The molecule has 0 aliphatic carbocycles. The second-order valence-electron chi connectivity index (χ2n) is 11.0. The van der Waals surface area contributed by atoms with Gasteiger partial charge in [0.05, 0.1) is 43.3 Å². The molecule has 1 aliphatic rings. The van der Waals surface area contributed by atoms with Crippen LogP contribution in [0.15, 0.2) is 91.8 Å². The summed E-state index contributed by atoms with van der Waals surface area (Å²) in [5, 5.41) is 20.3. The number of carbonyl (C=O) groups excluding carboxylic acids is 1. The normalized spacial score (nSPS) is 14.4. The predicted molar refractivity (Wildman–Crippen MR) is 190 cm³/mol. The van der Waals surface area contributed by atoms with Crippen molar-refractivity contribution in [3.05, 3.63) is 123 Å². The van der Waals surface area contributed by atoms with Crippen LogP contribution in [0.5, 0.6) is 0 Å². The number of aromatic nitrogens is 4. The molecule has 1 atom stereocenters. The summed E-state index contributed by atoms with van der Waals surface area (Å²) in [5.41, 5.74) is 2.79. The summed E-state index contributed by atoms with van der Waals surface area (Å²) in [4.78, 5) is 50.6. The van der Waals surface area contributed by atoms with E-state index in [1.54, 1.807) is 50.3 Å². The molecule has 5 aromatic rings. The Bertz CT molecular complexity index is 2330. The van der Waals surface area contributed by atoms with Gasteiger partial charge in [0.15, 0.2) is 10.6 Å². The van der Waals surface area contributed by atoms with Crippen LogP contribution >= 0.6 is 46.3 Å². The third kappa shape index (κ3) is 6.90. The molecule has 0 saturated carbocycles. The van der Waals surface area contributed by atoms with Crippen molar-refractivity contribution < 1.29 is 14.5 Å². The van der Waals surface area contributed by atoms with Gasteiger partial charge in [-0.2, -0.15) is 0 Å². The lowest BCUT2D eigenvalue weighted by atomic mass is 9.95. The molecule has 16 heteroatoms. The minimum Gasteiger partial charge on any atom is -0.463 e. The molecule has 0 bridgehead atoms. The number of aromatic amines is 1. The lowest BCUT2D eigenvalue weighted by Gasteiger charge is -2.25. The first-order chi connectivity index (χ1) is 23.4. The molecule has 12 nitrogen and oxygen atoms in total. The second-order valence-corrected chi connectivity index (χ2v) is 13.8. The Kier molecular flexibility index (Phi) is 9.75. The predicted octanol–water partition coefficient (Wildman–Crippen LogP) is 6.02. The van der Waals surface area contributed by atoms with Crippen LogP contribution in [0.3, 0.4) is 0 Å². The number of thiazole rings is 1. The van der Waals surface area contributed by atoms with Gasteiger partial charge >= 0.3 is 5.97 Å². The van der Waals surface area contributed by atoms with Gasteiger partial charge in [0.2, 0.25) is 5.16 Å². The Morgan fingerprint density at radius 2 is 1.92 bits per heavy atom. The highest BCUT2D eigenvalue weighted by molar-refractivity contribution is 7.99. The topological polar surface area (TPSA) is 149 Å². The Morgan fingerprint density at radius 1 is 1.16 bits per heavy atom. The number of nitro groups is 1. The number of anilines is 1. The van der Waals surface area contributed by atoms with Crippen molar-refractivity contribution in [2.45, 2.75) is 29.9 Å². The molecule has 3 aromatic carbocycles. The molecule has 0 amide bonds. The summed E-state index contributed by atoms with van der Waals surface area (Å²) in [6, 6.07) is 16.4. The molecular formula is C33H27Cl2N7O5S2. The van der Waals surface area contributed by atoms with E-state index in [1.165, 1.54) is 10.6 Å². The van der Waals surface area contributed by atoms with E-state index in [4.69, 9.17) is 27.9 Å². The number of nitrogens with one attached hydrogen (secondary N) is 1. The third-order valence-electron chi connectivity index (χ3n) is 7.57. The fraction of sp³-hybridized carbons (Fsp3) is 0.182. The van der Waals surface area contributed by atoms with Gasteiger partial charge < -0.3 is 9.64 Å². The van der Waals surface area contributed by atoms with Gasteiger partial charge in [-0.15, -0.1) is 5.10 Å². The van der Waals surface area contributed by atoms with Crippen molar-refractivity contribution in [3.8, 4) is 11.4 Å². The Hall–Kier alpha value is -4.76. The van der Waals surface area contributed by atoms with Gasteiger partial charge in [-0.3, -0.25) is 24.6 Å². The van der Waals surface area contributed by atoms with Crippen LogP contribution in [-0.2, 0) is 9.53 Å². The number of nitrogens with zero attached hydrogens (tertiary/aromatic N) is 6. The fourth-order valence-electron chi connectivity index (χ4n) is 5.26. The quantitative estimate of drug-likeness (QED) is 0.109. The number of hydrogen-bond acceptors (Lipinski definition) is 11. The summed E-state index contributed by atoms with van der Waals surface area (Å²) in [6.45, 7) is 3.59. The summed E-state index contributed by atoms with van der Waals surface area (Å²) in [6.07, 6.45) is 1.58. The van der Waals surface area contributed by atoms with Crippen molar-refractivity contribution in [2.24, 2.45) is 4.99 Å². The number of nitro benzene ring substituents is 1. The van der Waals surface area contributed by atoms with Gasteiger partial charge in [-0.1, -0.05) is 52.7 Å². The number of esters is 1. The van der Waals surface area contributed by atoms with Crippen LogP contribution < -0.4 is 19.8 Å². The molecule has 0 unspecified atom stereocenters. The van der Waals surface area contributed by atoms with Gasteiger partial charge in [-0.25, -0.2) is 14.8 Å². The highest BCUT2D eigenvalue weighted by Crippen LogP contribution is 2.36. The molecule has 0 radical (unpaired) electrons. The zero-order valence-electron chi connectivity index (χ0n) is 26.4. The number of benzene rings is 3. The monoisotopic (exact) mass is 735 g/mol. The van der Waals surface area contributed by atoms with E-state index in [1.807, 2.05) is 43.3 Å². The van der Waals surface area contributed by atoms with Crippen molar-refractivity contribution in [1.82, 2.24) is 19.7 Å². The van der Waals surface area contributed by atoms with Gasteiger partial charge in [0.1, 0.15) is 0 Å². The average molecular weight is 737 g/mol. The zero-order chi connectivity index (χ0) is 35.0. The van der Waals surface area contributed by atoms with Crippen molar-refractivity contribution >= 4 is 69.7 Å². The first-order valence-electron chi connectivity index (χ1n) is 14.8. The Morgan fingerprint density at radius 3 is 2.59 bits per heavy atom. The summed E-state index contributed by atoms with van der Waals surface area (Å²) < 4.78 is 7.14. The number of carbonyl (C=O) groups is 1. The molecule has 1 aliphatic heterocycles. The molecule has 0 saturated heterocycles. The van der Waals surface area contributed by atoms with Crippen LogP contribution in [0, 0.1) is 10.1 Å². The van der Waals surface area contributed by atoms with Crippen LogP contribution in [-0.4, -0.2) is 51.3 Å². The Labute approximate surface area is 297 Å². The number of halogens is 2. The van der Waals surface area contributed by atoms with E-state index in [-0.39, 0.29) is 23.0 Å². The van der Waals surface area contributed by atoms with E-state index < -0.39 is 22.5 Å². The molecule has 2 aromatic heterocycles. The number of fused-ring (bicyclic) bond motifs is 1. The largest absolute Gasteiger partial charge is 0.463 e. The number of ether oxygens (including phenoxy) is 1. The smallest absolute Gasteiger partial charge is 0.338 e. The molecule has 1 N–H and O–H groups in total. The molecule has 49 heavy (non-hydrogen) atoms. The first kappa shape index (κ1) is 34.1. The van der Waals surface area contributed by atoms with E-state index >= 15 is 0 Å². The third-order valence-corrected chi connectivity index (χ3v) is 10.0. The fourth-order valence-corrected chi connectivity index (χ4v) is 7.60. The summed E-state index contributed by atoms with van der Waals surface area (Å²) in [5.74, 6) is -0.176. The molecule has 3 heterocycles. The molecular weight excluding hydrogens is 709 g/mol. The second kappa shape index (κ2) is 14.0. The standard InChI is InChI=1S/C33H27Cl2N7O5S2/c1-5-47-31(44)27-17(2)36-33-41(28(27)19-7-10-21(11-8-19)40(3)4)30(43)26(49-33)15-18-6-13-25(24(14-18)42(45)46)48-32-37-29(38-39-32)22-12-9-20(34)16-23(22)35/h6-16,28H,5H2,1-4H3,(H,37,38,39)/b26-15+/t28-/m1/s1. The van der Waals surface area contributed by atoms with Gasteiger partial charge in [0.25, 0.3) is 11.2 Å². The van der Waals surface area contributed by atoms with Crippen LogP contribution in [0.1, 0.15) is 31.0 Å². The lowest BCUT2D eigenvalue weighted by Crippen LogP contribution is -2.39. The number of H-pyrrole nitrogens is 1. The number of rotatable bonds is 9. The minimum atomic E-state index is -0.782. The van der Waals surface area contributed by atoms with Crippen molar-refractivity contribution in [2.75, 3.05) is 25.6 Å². The number of hydrogen-bond donors (Lipinski definition) is 1. The maximum absolute atomic E-state index is 14.0. The van der Waals surface area contributed by atoms with Crippen molar-refractivity contribution in [3.63, 3.8) is 0 Å². The van der Waals surface area contributed by atoms with Crippen LogP contribution in [0.4, 0.5) is 11.4 Å². The zero-order valence-corrected chi connectivity index (χ0v) is 29.6. The lowest BCUT2D eigenvalue weighted by molar-refractivity contribution is -0.387. The molecule has 250 valence electrons. The maximum Gasteiger partial charge on any atom is 0.338 e. The van der Waals surface area contributed by atoms with Gasteiger partial charge in [-0.05, 0) is 79.2 Å². The highest BCUT2D eigenvalue weighted by atomic mass is 35.5. The van der Waals surface area contributed by atoms with Crippen LogP contribution in [0.2, 0.25) is 10.0 Å². The number of allylic oxidation sites excluding steroid dienone is 1. The Balaban J connectivity index is 1.38. The average Bonchev–Trinajstić information content (AvgIpc) is 3.64. The van der Waals surface area contributed by atoms with E-state index in [2.05, 4.69) is 20.2 Å². The first-order valence-corrected chi connectivity index (χ1v) is 17.1. The van der Waals surface area contributed by atoms with E-state index in [0.717, 1.165) is 28.8 Å². The highest BCUT2D eigenvalue weighted by Gasteiger charge is 2.33. The molecule has 0 spiro atoms. The molecule has 0 fully saturated rings. The maximum atomic E-state index is 14.0. The summed E-state index contributed by atoms with van der Waals surface area (Å²) >= 11 is 14.4. The van der Waals surface area contributed by atoms with E-state index in [9.17, 15) is 19.7 Å². The SMILES string of the molecule is CCOC(=O)C1=C(C)N=c2s/c(=C/c3ccc(Sc4n[nH]c(-c5ccc(Cl)cc5Cl)n4)c([N+](=O)[O-])c3)c(=O)n2[C@@H]1c1ccc(N(C)C)cc1. The van der Waals surface area contributed by atoms with Crippen molar-refractivity contribution in [1.29, 1.82) is 0 Å². The minimum absolute atomic E-state index is 0.160.